The average molecular weight is 250 g/mol. The molecule has 0 heterocycles. The molecule has 1 atom stereocenters. The van der Waals surface area contributed by atoms with Crippen molar-refractivity contribution < 1.29 is 0 Å². The molecule has 0 aliphatic carbocycles. The molecule has 0 spiro atoms. The molecule has 0 amide bonds. The summed E-state index contributed by atoms with van der Waals surface area (Å²) in [4.78, 5) is 0. The van der Waals surface area contributed by atoms with Crippen LogP contribution in [0.15, 0.2) is 22.7 Å². The second-order valence-electron chi connectivity index (χ2n) is 2.59. The molecule has 2 nitrogen and oxygen atoms in total. The van der Waals surface area contributed by atoms with E-state index in [-0.39, 0.29) is 6.04 Å². The fourth-order valence-corrected chi connectivity index (χ4v) is 1.81. The van der Waals surface area contributed by atoms with Crippen molar-refractivity contribution in [3.8, 4) is 0 Å². The van der Waals surface area contributed by atoms with Gasteiger partial charge >= 0.3 is 0 Å². The van der Waals surface area contributed by atoms with Crippen molar-refractivity contribution >= 4 is 27.5 Å². The molecule has 0 saturated carbocycles. The molecule has 0 aliphatic rings. The number of benzene rings is 1. The van der Waals surface area contributed by atoms with Crippen LogP contribution < -0.4 is 11.3 Å². The first-order chi connectivity index (χ1) is 5.63. The molecule has 0 aliphatic heterocycles. The van der Waals surface area contributed by atoms with Crippen LogP contribution in [0.1, 0.15) is 18.5 Å². The van der Waals surface area contributed by atoms with Gasteiger partial charge in [-0.1, -0.05) is 27.5 Å². The van der Waals surface area contributed by atoms with E-state index >= 15 is 0 Å². The molecule has 12 heavy (non-hydrogen) atoms. The number of nitrogens with one attached hydrogen (secondary N) is 1. The quantitative estimate of drug-likeness (QED) is 0.625. The largest absolute Gasteiger partial charge is 0.271 e. The van der Waals surface area contributed by atoms with E-state index in [0.717, 1.165) is 10.0 Å². The summed E-state index contributed by atoms with van der Waals surface area (Å²) in [5.74, 6) is 5.30. The van der Waals surface area contributed by atoms with Gasteiger partial charge in [0.15, 0.2) is 0 Å². The minimum atomic E-state index is 0.111. The summed E-state index contributed by atoms with van der Waals surface area (Å²) in [5.41, 5.74) is 3.72. The molecule has 0 saturated heterocycles. The van der Waals surface area contributed by atoms with E-state index in [0.29, 0.717) is 5.02 Å². The minimum Gasteiger partial charge on any atom is -0.271 e. The van der Waals surface area contributed by atoms with E-state index in [4.69, 9.17) is 17.4 Å². The van der Waals surface area contributed by atoms with Gasteiger partial charge in [0.25, 0.3) is 0 Å². The van der Waals surface area contributed by atoms with Crippen LogP contribution in [0.25, 0.3) is 0 Å². The molecule has 0 radical (unpaired) electrons. The fraction of sp³-hybridized carbons (Fsp3) is 0.250. The molecule has 0 bridgehead atoms. The Morgan fingerprint density at radius 2 is 2.17 bits per heavy atom. The van der Waals surface area contributed by atoms with Crippen LogP contribution >= 0.6 is 27.5 Å². The molecular formula is C8H10BrClN2. The second-order valence-corrected chi connectivity index (χ2v) is 3.94. The van der Waals surface area contributed by atoms with Gasteiger partial charge in [0.1, 0.15) is 0 Å². The third kappa shape index (κ3) is 2.45. The summed E-state index contributed by atoms with van der Waals surface area (Å²) in [6, 6.07) is 5.82. The van der Waals surface area contributed by atoms with Gasteiger partial charge in [-0.3, -0.25) is 11.3 Å². The number of hydrogen-bond acceptors (Lipinski definition) is 2. The first-order valence-electron chi connectivity index (χ1n) is 3.55. The predicted molar refractivity (Wildman–Crippen MR) is 54.9 cm³/mol. The van der Waals surface area contributed by atoms with Crippen LogP contribution in [0, 0.1) is 0 Å². The summed E-state index contributed by atoms with van der Waals surface area (Å²) in [5, 5.41) is 0.710. The van der Waals surface area contributed by atoms with Gasteiger partial charge in [-0.2, -0.15) is 0 Å². The topological polar surface area (TPSA) is 38.0 Å². The van der Waals surface area contributed by atoms with Gasteiger partial charge in [0, 0.05) is 15.5 Å². The maximum Gasteiger partial charge on any atom is 0.0432 e. The number of hydrazine groups is 1. The Kier molecular flexibility index (Phi) is 3.53. The van der Waals surface area contributed by atoms with Crippen molar-refractivity contribution in [3.63, 3.8) is 0 Å². The Bertz CT molecular complexity index is 258. The Hall–Kier alpha value is -0.0900. The van der Waals surface area contributed by atoms with Gasteiger partial charge in [0.2, 0.25) is 0 Å². The summed E-state index contributed by atoms with van der Waals surface area (Å²) >= 11 is 9.21. The zero-order valence-corrected chi connectivity index (χ0v) is 8.98. The average Bonchev–Trinajstić information content (AvgIpc) is 2.01. The van der Waals surface area contributed by atoms with Crippen LogP contribution in [0.5, 0.6) is 0 Å². The van der Waals surface area contributed by atoms with E-state index in [9.17, 15) is 0 Å². The first-order valence-corrected chi connectivity index (χ1v) is 4.72. The Morgan fingerprint density at radius 3 is 2.67 bits per heavy atom. The first kappa shape index (κ1) is 9.99. The number of halogens is 2. The number of nitrogens with two attached hydrogens (primary N) is 1. The Labute approximate surface area is 85.2 Å². The number of hydrogen-bond donors (Lipinski definition) is 2. The van der Waals surface area contributed by atoms with E-state index in [2.05, 4.69) is 21.4 Å². The van der Waals surface area contributed by atoms with Gasteiger partial charge in [-0.05, 0) is 30.7 Å². The molecule has 1 aromatic carbocycles. The maximum absolute atomic E-state index is 5.85. The standard InChI is InChI=1S/C8H10BrClN2/c1-5(12-11)6-2-7(9)4-8(10)3-6/h2-5,12H,11H2,1H3. The molecule has 1 unspecified atom stereocenters. The van der Waals surface area contributed by atoms with Crippen molar-refractivity contribution in [2.45, 2.75) is 13.0 Å². The monoisotopic (exact) mass is 248 g/mol. The third-order valence-electron chi connectivity index (χ3n) is 1.63. The minimum absolute atomic E-state index is 0.111. The SMILES string of the molecule is CC(NN)c1cc(Cl)cc(Br)c1. The molecule has 66 valence electrons. The van der Waals surface area contributed by atoms with E-state index in [1.807, 2.05) is 25.1 Å². The van der Waals surface area contributed by atoms with Crippen LogP contribution in [-0.4, -0.2) is 0 Å². The zero-order valence-electron chi connectivity index (χ0n) is 6.64. The Morgan fingerprint density at radius 1 is 1.50 bits per heavy atom. The van der Waals surface area contributed by atoms with Gasteiger partial charge in [-0.15, -0.1) is 0 Å². The van der Waals surface area contributed by atoms with Crippen molar-refractivity contribution in [2.75, 3.05) is 0 Å². The van der Waals surface area contributed by atoms with Crippen LogP contribution in [0.2, 0.25) is 5.02 Å². The lowest BCUT2D eigenvalue weighted by Crippen LogP contribution is -2.25. The summed E-state index contributed by atoms with van der Waals surface area (Å²) in [6.07, 6.45) is 0. The van der Waals surface area contributed by atoms with E-state index in [1.165, 1.54) is 0 Å². The normalized spacial score (nSPS) is 13.0. The van der Waals surface area contributed by atoms with Gasteiger partial charge in [-0.25, -0.2) is 0 Å². The molecule has 0 fully saturated rings. The molecule has 1 rings (SSSR count). The maximum atomic E-state index is 5.85. The highest BCUT2D eigenvalue weighted by Gasteiger charge is 2.04. The molecule has 0 aromatic heterocycles. The highest BCUT2D eigenvalue weighted by atomic mass is 79.9. The van der Waals surface area contributed by atoms with E-state index < -0.39 is 0 Å². The van der Waals surface area contributed by atoms with Gasteiger partial charge < -0.3 is 0 Å². The van der Waals surface area contributed by atoms with Gasteiger partial charge in [0.05, 0.1) is 0 Å². The lowest BCUT2D eigenvalue weighted by Gasteiger charge is -2.10. The van der Waals surface area contributed by atoms with Crippen LogP contribution in [0.4, 0.5) is 0 Å². The summed E-state index contributed by atoms with van der Waals surface area (Å²) in [7, 11) is 0. The van der Waals surface area contributed by atoms with Crippen molar-refractivity contribution in [3.05, 3.63) is 33.3 Å². The number of rotatable bonds is 2. The predicted octanol–water partition coefficient (Wildman–Crippen LogP) is 2.63. The van der Waals surface area contributed by atoms with Crippen LogP contribution in [-0.2, 0) is 0 Å². The van der Waals surface area contributed by atoms with E-state index in [1.54, 1.807) is 0 Å². The molecular weight excluding hydrogens is 239 g/mol. The Balaban J connectivity index is 3.00. The lowest BCUT2D eigenvalue weighted by molar-refractivity contribution is 0.602. The zero-order chi connectivity index (χ0) is 9.14. The third-order valence-corrected chi connectivity index (χ3v) is 2.31. The van der Waals surface area contributed by atoms with Crippen molar-refractivity contribution in [1.82, 2.24) is 5.43 Å². The highest BCUT2D eigenvalue weighted by molar-refractivity contribution is 9.10. The smallest absolute Gasteiger partial charge is 0.0432 e. The fourth-order valence-electron chi connectivity index (χ4n) is 0.921. The summed E-state index contributed by atoms with van der Waals surface area (Å²) in [6.45, 7) is 1.97. The van der Waals surface area contributed by atoms with Crippen molar-refractivity contribution in [1.29, 1.82) is 0 Å². The van der Waals surface area contributed by atoms with Crippen molar-refractivity contribution in [2.24, 2.45) is 5.84 Å². The second kappa shape index (κ2) is 4.23. The molecule has 4 heteroatoms. The molecule has 1 aromatic rings. The molecule has 3 N–H and O–H groups in total. The lowest BCUT2D eigenvalue weighted by atomic mass is 10.1. The summed E-state index contributed by atoms with van der Waals surface area (Å²) < 4.78 is 0.965. The van der Waals surface area contributed by atoms with Crippen LogP contribution in [0.3, 0.4) is 0 Å². The highest BCUT2D eigenvalue weighted by Crippen LogP contribution is 2.23.